The van der Waals surface area contributed by atoms with Crippen molar-refractivity contribution in [2.75, 3.05) is 11.5 Å². The maximum Gasteiger partial charge on any atom is 0.227 e. The highest BCUT2D eigenvalue weighted by Crippen LogP contribution is 2.31. The second-order valence-corrected chi connectivity index (χ2v) is 8.01. The van der Waals surface area contributed by atoms with Gasteiger partial charge in [-0.1, -0.05) is 29.3 Å². The van der Waals surface area contributed by atoms with Crippen molar-refractivity contribution in [1.82, 2.24) is 5.32 Å². The molecule has 1 aliphatic heterocycles. The average Bonchev–Trinajstić information content (AvgIpc) is 2.68. The topological polar surface area (TPSA) is 63.2 Å². The van der Waals surface area contributed by atoms with Gasteiger partial charge in [-0.25, -0.2) is 8.42 Å². The van der Waals surface area contributed by atoms with Crippen LogP contribution in [0, 0.1) is 0 Å². The van der Waals surface area contributed by atoms with Crippen molar-refractivity contribution in [3.63, 3.8) is 0 Å². The summed E-state index contributed by atoms with van der Waals surface area (Å²) >= 11 is 12.1. The van der Waals surface area contributed by atoms with Crippen LogP contribution in [-0.4, -0.2) is 31.9 Å². The minimum absolute atomic E-state index is 0.00170. The molecule has 0 spiro atoms. The van der Waals surface area contributed by atoms with Gasteiger partial charge in [0.1, 0.15) is 0 Å². The first kappa shape index (κ1) is 15.6. The van der Waals surface area contributed by atoms with Crippen molar-refractivity contribution in [2.45, 2.75) is 25.3 Å². The second kappa shape index (κ2) is 5.92. The van der Waals surface area contributed by atoms with Gasteiger partial charge in [0.05, 0.1) is 17.4 Å². The summed E-state index contributed by atoms with van der Waals surface area (Å²) in [7, 11) is -3.01. The number of carbonyl (C=O) groups is 1. The van der Waals surface area contributed by atoms with E-state index in [1.54, 1.807) is 25.1 Å². The van der Waals surface area contributed by atoms with E-state index in [4.69, 9.17) is 23.2 Å². The maximum absolute atomic E-state index is 12.2. The van der Waals surface area contributed by atoms with Gasteiger partial charge >= 0.3 is 0 Å². The number of amides is 1. The molecule has 0 aromatic heterocycles. The quantitative estimate of drug-likeness (QED) is 0.922. The SMILES string of the molecule is C[C@@H](C(=O)N[C@H]1CCS(=O)(=O)C1)c1c(Cl)cccc1Cl. The van der Waals surface area contributed by atoms with Crippen molar-refractivity contribution < 1.29 is 13.2 Å². The molecule has 1 N–H and O–H groups in total. The Kier molecular flexibility index (Phi) is 4.62. The van der Waals surface area contributed by atoms with Gasteiger partial charge in [0.15, 0.2) is 9.84 Å². The minimum Gasteiger partial charge on any atom is -0.352 e. The first-order valence-corrected chi connectivity index (χ1v) is 8.82. The van der Waals surface area contributed by atoms with Crippen LogP contribution in [-0.2, 0) is 14.6 Å². The first-order chi connectivity index (χ1) is 9.30. The molecular formula is C13H15Cl2NO3S. The van der Waals surface area contributed by atoms with Gasteiger partial charge in [-0.15, -0.1) is 0 Å². The van der Waals surface area contributed by atoms with Gasteiger partial charge in [-0.05, 0) is 25.5 Å². The lowest BCUT2D eigenvalue weighted by Crippen LogP contribution is -2.38. The van der Waals surface area contributed by atoms with E-state index in [1.807, 2.05) is 0 Å². The van der Waals surface area contributed by atoms with Crippen LogP contribution in [0.25, 0.3) is 0 Å². The monoisotopic (exact) mass is 335 g/mol. The van der Waals surface area contributed by atoms with Crippen LogP contribution in [0.3, 0.4) is 0 Å². The fourth-order valence-electron chi connectivity index (χ4n) is 2.29. The molecule has 1 heterocycles. The Labute approximate surface area is 128 Å². The highest BCUT2D eigenvalue weighted by Gasteiger charge is 2.31. The molecule has 1 amide bonds. The van der Waals surface area contributed by atoms with E-state index < -0.39 is 15.8 Å². The fraction of sp³-hybridized carbons (Fsp3) is 0.462. The number of carbonyl (C=O) groups excluding carboxylic acids is 1. The third-order valence-corrected chi connectivity index (χ3v) is 5.83. The van der Waals surface area contributed by atoms with Gasteiger partial charge in [-0.3, -0.25) is 4.79 Å². The van der Waals surface area contributed by atoms with Crippen LogP contribution < -0.4 is 5.32 Å². The summed E-state index contributed by atoms with van der Waals surface area (Å²) in [5.41, 5.74) is 0.564. The Morgan fingerprint density at radius 2 is 1.95 bits per heavy atom. The molecule has 0 saturated carbocycles. The summed E-state index contributed by atoms with van der Waals surface area (Å²) in [6.45, 7) is 1.70. The van der Waals surface area contributed by atoms with Crippen LogP contribution >= 0.6 is 23.2 Å². The van der Waals surface area contributed by atoms with Crippen molar-refractivity contribution in [3.05, 3.63) is 33.8 Å². The molecule has 1 aliphatic rings. The van der Waals surface area contributed by atoms with Gasteiger partial charge in [0, 0.05) is 21.7 Å². The van der Waals surface area contributed by atoms with E-state index in [2.05, 4.69) is 5.32 Å². The largest absolute Gasteiger partial charge is 0.352 e. The lowest BCUT2D eigenvalue weighted by molar-refractivity contribution is -0.122. The van der Waals surface area contributed by atoms with Crippen molar-refractivity contribution >= 4 is 38.9 Å². The van der Waals surface area contributed by atoms with E-state index in [0.29, 0.717) is 22.0 Å². The minimum atomic E-state index is -3.01. The second-order valence-electron chi connectivity index (χ2n) is 4.97. The molecule has 1 aromatic rings. The highest BCUT2D eigenvalue weighted by atomic mass is 35.5. The van der Waals surface area contributed by atoms with Crippen molar-refractivity contribution in [1.29, 1.82) is 0 Å². The Morgan fingerprint density at radius 3 is 2.45 bits per heavy atom. The van der Waals surface area contributed by atoms with Gasteiger partial charge in [-0.2, -0.15) is 0 Å². The van der Waals surface area contributed by atoms with Crippen LogP contribution in [0.4, 0.5) is 0 Å². The van der Waals surface area contributed by atoms with E-state index in [-0.39, 0.29) is 23.5 Å². The number of benzene rings is 1. The summed E-state index contributed by atoms with van der Waals surface area (Å²) in [6, 6.07) is 4.73. The molecule has 4 nitrogen and oxygen atoms in total. The molecule has 20 heavy (non-hydrogen) atoms. The molecular weight excluding hydrogens is 321 g/mol. The third-order valence-electron chi connectivity index (χ3n) is 3.40. The van der Waals surface area contributed by atoms with Gasteiger partial charge < -0.3 is 5.32 Å². The van der Waals surface area contributed by atoms with Gasteiger partial charge in [0.2, 0.25) is 5.91 Å². The standard InChI is InChI=1S/C13H15Cl2NO3S/c1-8(12-10(14)3-2-4-11(12)15)13(17)16-9-5-6-20(18,19)7-9/h2-4,8-9H,5-7H2,1H3,(H,16,17)/t8-,9+/m1/s1. The summed E-state index contributed by atoms with van der Waals surface area (Å²) in [6.07, 6.45) is 0.455. The molecule has 7 heteroatoms. The van der Waals surface area contributed by atoms with Crippen molar-refractivity contribution in [2.24, 2.45) is 0 Å². The smallest absolute Gasteiger partial charge is 0.227 e. The Bertz CT molecular complexity index is 610. The predicted octanol–water partition coefficient (Wildman–Crippen LogP) is 2.40. The molecule has 1 saturated heterocycles. The summed E-state index contributed by atoms with van der Waals surface area (Å²) in [5.74, 6) is -0.664. The normalized spacial score (nSPS) is 22.4. The van der Waals surface area contributed by atoms with Crippen molar-refractivity contribution in [3.8, 4) is 0 Å². The van der Waals surface area contributed by atoms with Crippen LogP contribution in [0.1, 0.15) is 24.8 Å². The molecule has 2 atom stereocenters. The molecule has 2 rings (SSSR count). The molecule has 1 fully saturated rings. The van der Waals surface area contributed by atoms with Crippen LogP contribution in [0.5, 0.6) is 0 Å². The zero-order chi connectivity index (χ0) is 14.9. The predicted molar refractivity (Wildman–Crippen MR) is 80.1 cm³/mol. The average molecular weight is 336 g/mol. The Hall–Kier alpha value is -0.780. The zero-order valence-electron chi connectivity index (χ0n) is 10.9. The third kappa shape index (κ3) is 3.45. The Morgan fingerprint density at radius 1 is 1.35 bits per heavy atom. The van der Waals surface area contributed by atoms with E-state index in [0.717, 1.165) is 0 Å². The summed E-state index contributed by atoms with van der Waals surface area (Å²) < 4.78 is 22.8. The molecule has 0 radical (unpaired) electrons. The molecule has 0 unspecified atom stereocenters. The number of sulfone groups is 1. The first-order valence-electron chi connectivity index (χ1n) is 6.25. The number of nitrogens with one attached hydrogen (secondary N) is 1. The van der Waals surface area contributed by atoms with Crippen LogP contribution in [0.15, 0.2) is 18.2 Å². The van der Waals surface area contributed by atoms with E-state index in [1.165, 1.54) is 0 Å². The maximum atomic E-state index is 12.2. The number of rotatable bonds is 3. The molecule has 1 aromatic carbocycles. The molecule has 0 bridgehead atoms. The molecule has 110 valence electrons. The van der Waals surface area contributed by atoms with Crippen LogP contribution in [0.2, 0.25) is 10.0 Å². The summed E-state index contributed by atoms with van der Waals surface area (Å²) in [5, 5.41) is 3.61. The lowest BCUT2D eigenvalue weighted by Gasteiger charge is -2.18. The number of hydrogen-bond donors (Lipinski definition) is 1. The zero-order valence-corrected chi connectivity index (χ0v) is 13.2. The fourth-order valence-corrected chi connectivity index (χ4v) is 4.69. The lowest BCUT2D eigenvalue weighted by atomic mass is 9.99. The summed E-state index contributed by atoms with van der Waals surface area (Å²) in [4.78, 5) is 12.2. The number of hydrogen-bond acceptors (Lipinski definition) is 3. The number of halogens is 2. The molecule has 0 aliphatic carbocycles. The van der Waals surface area contributed by atoms with E-state index >= 15 is 0 Å². The highest BCUT2D eigenvalue weighted by molar-refractivity contribution is 7.91. The Balaban J connectivity index is 2.10. The van der Waals surface area contributed by atoms with E-state index in [9.17, 15) is 13.2 Å². The van der Waals surface area contributed by atoms with Gasteiger partial charge in [0.25, 0.3) is 0 Å².